The Morgan fingerprint density at radius 1 is 1.30 bits per heavy atom. The maximum Gasteiger partial charge on any atom is 0.356 e. The molecule has 6 heteroatoms. The summed E-state index contributed by atoms with van der Waals surface area (Å²) in [5.74, 6) is -0.476. The van der Waals surface area contributed by atoms with Gasteiger partial charge in [0, 0.05) is 0 Å². The van der Waals surface area contributed by atoms with Crippen LogP contribution in [-0.2, 0) is 4.74 Å². The maximum atomic E-state index is 13.2. The highest BCUT2D eigenvalue weighted by molar-refractivity contribution is 5.87. The first-order chi connectivity index (χ1) is 9.51. The Labute approximate surface area is 115 Å². The first kappa shape index (κ1) is 13.8. The Bertz CT molecular complexity index is 659. The third-order valence-corrected chi connectivity index (χ3v) is 2.63. The lowest BCUT2D eigenvalue weighted by atomic mass is 10.2. The van der Waals surface area contributed by atoms with Crippen LogP contribution in [0.2, 0.25) is 0 Å². The molecular formula is C14H13FN2O3. The fourth-order valence-corrected chi connectivity index (χ4v) is 1.54. The van der Waals surface area contributed by atoms with E-state index in [9.17, 15) is 9.18 Å². The molecule has 0 spiro atoms. The molecule has 0 bridgehead atoms. The molecular weight excluding hydrogens is 263 g/mol. The predicted octanol–water partition coefficient (Wildman–Crippen LogP) is 2.69. The summed E-state index contributed by atoms with van der Waals surface area (Å²) in [6.45, 7) is 1.61. The fraction of sp³-hybridized carbons (Fsp3) is 0.143. The van der Waals surface area contributed by atoms with Crippen LogP contribution in [0.4, 0.5) is 10.1 Å². The van der Waals surface area contributed by atoms with Gasteiger partial charge < -0.3 is 15.2 Å². The van der Waals surface area contributed by atoms with Gasteiger partial charge in [-0.2, -0.15) is 0 Å². The lowest BCUT2D eigenvalue weighted by Crippen LogP contribution is -2.06. The molecule has 2 aromatic rings. The second-order valence-corrected chi connectivity index (χ2v) is 4.10. The number of aromatic nitrogens is 1. The fourth-order valence-electron chi connectivity index (χ4n) is 1.54. The number of esters is 1. The van der Waals surface area contributed by atoms with Crippen molar-refractivity contribution < 1.29 is 18.7 Å². The molecule has 0 aliphatic carbocycles. The zero-order valence-electron chi connectivity index (χ0n) is 11.0. The van der Waals surface area contributed by atoms with Crippen LogP contribution in [0.5, 0.6) is 11.6 Å². The Morgan fingerprint density at radius 2 is 2.05 bits per heavy atom. The Balaban J connectivity index is 2.32. The molecule has 1 heterocycles. The third-order valence-electron chi connectivity index (χ3n) is 2.63. The first-order valence-electron chi connectivity index (χ1n) is 5.80. The van der Waals surface area contributed by atoms with Crippen LogP contribution in [0, 0.1) is 12.7 Å². The van der Waals surface area contributed by atoms with E-state index in [0.29, 0.717) is 11.3 Å². The van der Waals surface area contributed by atoms with Gasteiger partial charge >= 0.3 is 5.97 Å². The molecule has 0 saturated carbocycles. The van der Waals surface area contributed by atoms with Crippen LogP contribution in [0.25, 0.3) is 0 Å². The van der Waals surface area contributed by atoms with Crippen LogP contribution in [0.1, 0.15) is 16.1 Å². The molecule has 0 radical (unpaired) electrons. The van der Waals surface area contributed by atoms with Crippen LogP contribution < -0.4 is 10.5 Å². The van der Waals surface area contributed by atoms with Crippen molar-refractivity contribution in [2.45, 2.75) is 6.92 Å². The predicted molar refractivity (Wildman–Crippen MR) is 71.2 cm³/mol. The van der Waals surface area contributed by atoms with Gasteiger partial charge in [-0.05, 0) is 42.8 Å². The number of benzene rings is 1. The van der Waals surface area contributed by atoms with E-state index in [4.69, 9.17) is 10.5 Å². The number of pyridine rings is 1. The normalized spacial score (nSPS) is 10.2. The number of hydrogen-bond acceptors (Lipinski definition) is 5. The van der Waals surface area contributed by atoms with E-state index in [1.807, 2.05) is 0 Å². The quantitative estimate of drug-likeness (QED) is 0.872. The number of methoxy groups -OCH3 is 1. The Hall–Kier alpha value is -2.63. The molecule has 0 unspecified atom stereocenters. The molecule has 0 amide bonds. The number of carbonyl (C=O) groups is 1. The van der Waals surface area contributed by atoms with Crippen molar-refractivity contribution in [3.63, 3.8) is 0 Å². The van der Waals surface area contributed by atoms with E-state index in [1.54, 1.807) is 6.92 Å². The number of nitrogens with zero attached hydrogens (tertiary/aromatic N) is 1. The highest BCUT2D eigenvalue weighted by Gasteiger charge is 2.12. The Kier molecular flexibility index (Phi) is 3.84. The number of carbonyl (C=O) groups excluding carboxylic acids is 1. The standard InChI is InChI=1S/C14H13FN2O3/c1-8-7-9(3-4-10(8)15)20-13-11(16)5-6-12(17-13)14(18)19-2/h3-7H,16H2,1-2H3. The van der Waals surface area contributed by atoms with E-state index < -0.39 is 5.97 Å². The maximum absolute atomic E-state index is 13.2. The number of nitrogen functional groups attached to an aromatic ring is 1. The number of aryl methyl sites for hydroxylation is 1. The molecule has 0 fully saturated rings. The molecule has 20 heavy (non-hydrogen) atoms. The SMILES string of the molecule is COC(=O)c1ccc(N)c(Oc2ccc(F)c(C)c2)n1. The van der Waals surface area contributed by atoms with Crippen molar-refractivity contribution in [1.29, 1.82) is 0 Å². The van der Waals surface area contributed by atoms with Crippen LogP contribution in [-0.4, -0.2) is 18.1 Å². The molecule has 0 saturated heterocycles. The molecule has 0 aliphatic heterocycles. The minimum absolute atomic E-state index is 0.0684. The molecule has 1 aromatic carbocycles. The topological polar surface area (TPSA) is 74.4 Å². The van der Waals surface area contributed by atoms with Gasteiger partial charge in [-0.1, -0.05) is 0 Å². The molecule has 0 atom stereocenters. The van der Waals surface area contributed by atoms with Gasteiger partial charge in [0.15, 0.2) is 5.69 Å². The number of halogens is 1. The number of rotatable bonds is 3. The molecule has 2 rings (SSSR count). The highest BCUT2D eigenvalue weighted by atomic mass is 19.1. The summed E-state index contributed by atoms with van der Waals surface area (Å²) < 4.78 is 23.2. The van der Waals surface area contributed by atoms with E-state index in [2.05, 4.69) is 9.72 Å². The van der Waals surface area contributed by atoms with Gasteiger partial charge in [0.2, 0.25) is 5.88 Å². The zero-order valence-corrected chi connectivity index (χ0v) is 11.0. The van der Waals surface area contributed by atoms with Crippen LogP contribution in [0.3, 0.4) is 0 Å². The molecule has 1 aromatic heterocycles. The average Bonchev–Trinajstić information content (AvgIpc) is 2.44. The van der Waals surface area contributed by atoms with Gasteiger partial charge in [-0.15, -0.1) is 0 Å². The van der Waals surface area contributed by atoms with Gasteiger partial charge in [0.25, 0.3) is 0 Å². The van der Waals surface area contributed by atoms with Crippen LogP contribution in [0.15, 0.2) is 30.3 Å². The average molecular weight is 276 g/mol. The summed E-state index contributed by atoms with van der Waals surface area (Å²) >= 11 is 0. The van der Waals surface area contributed by atoms with Gasteiger partial charge in [-0.3, -0.25) is 0 Å². The van der Waals surface area contributed by atoms with Gasteiger partial charge in [0.05, 0.1) is 12.8 Å². The van der Waals surface area contributed by atoms with Gasteiger partial charge in [-0.25, -0.2) is 14.2 Å². The second-order valence-electron chi connectivity index (χ2n) is 4.10. The summed E-state index contributed by atoms with van der Waals surface area (Å²) in [6.07, 6.45) is 0. The molecule has 2 N–H and O–H groups in total. The number of nitrogens with two attached hydrogens (primary N) is 1. The molecule has 104 valence electrons. The summed E-state index contributed by atoms with van der Waals surface area (Å²) in [4.78, 5) is 15.4. The van der Waals surface area contributed by atoms with Crippen molar-refractivity contribution in [2.75, 3.05) is 12.8 Å². The zero-order chi connectivity index (χ0) is 14.7. The molecule has 5 nitrogen and oxygen atoms in total. The van der Waals surface area contributed by atoms with Crippen molar-refractivity contribution in [3.05, 3.63) is 47.4 Å². The molecule has 0 aliphatic rings. The number of ether oxygens (including phenoxy) is 2. The minimum Gasteiger partial charge on any atom is -0.464 e. The highest BCUT2D eigenvalue weighted by Crippen LogP contribution is 2.26. The van der Waals surface area contributed by atoms with E-state index >= 15 is 0 Å². The lowest BCUT2D eigenvalue weighted by molar-refractivity contribution is 0.0593. The van der Waals surface area contributed by atoms with Crippen molar-refractivity contribution >= 4 is 11.7 Å². The van der Waals surface area contributed by atoms with E-state index in [1.165, 1.54) is 37.4 Å². The number of anilines is 1. The van der Waals surface area contributed by atoms with E-state index in [0.717, 1.165) is 0 Å². The van der Waals surface area contributed by atoms with Crippen molar-refractivity contribution in [3.8, 4) is 11.6 Å². The van der Waals surface area contributed by atoms with Crippen molar-refractivity contribution in [1.82, 2.24) is 4.98 Å². The summed E-state index contributed by atoms with van der Waals surface area (Å²) in [7, 11) is 1.25. The minimum atomic E-state index is -0.592. The summed E-state index contributed by atoms with van der Waals surface area (Å²) in [5.41, 5.74) is 6.51. The monoisotopic (exact) mass is 276 g/mol. The largest absolute Gasteiger partial charge is 0.464 e. The van der Waals surface area contributed by atoms with Crippen molar-refractivity contribution in [2.24, 2.45) is 0 Å². The number of hydrogen-bond donors (Lipinski definition) is 1. The second kappa shape index (κ2) is 5.56. The summed E-state index contributed by atoms with van der Waals surface area (Å²) in [5, 5.41) is 0. The van der Waals surface area contributed by atoms with E-state index in [-0.39, 0.29) is 23.1 Å². The smallest absolute Gasteiger partial charge is 0.356 e. The Morgan fingerprint density at radius 3 is 2.70 bits per heavy atom. The van der Waals surface area contributed by atoms with Gasteiger partial charge in [0.1, 0.15) is 11.6 Å². The third kappa shape index (κ3) is 2.85. The van der Waals surface area contributed by atoms with Crippen LogP contribution >= 0.6 is 0 Å². The summed E-state index contributed by atoms with van der Waals surface area (Å²) in [6, 6.07) is 7.18. The lowest BCUT2D eigenvalue weighted by Gasteiger charge is -2.09. The first-order valence-corrected chi connectivity index (χ1v) is 5.80.